The van der Waals surface area contributed by atoms with Crippen LogP contribution >= 0.6 is 0 Å². The second-order valence-electron chi connectivity index (χ2n) is 7.72. The fraction of sp³-hybridized carbons (Fsp3) is 0.304. The summed E-state index contributed by atoms with van der Waals surface area (Å²) in [6, 6.07) is 17.2. The van der Waals surface area contributed by atoms with E-state index in [2.05, 4.69) is 61.6 Å². The van der Waals surface area contributed by atoms with Crippen molar-refractivity contribution in [2.75, 3.05) is 6.54 Å². The maximum absolute atomic E-state index is 5.42. The third kappa shape index (κ3) is 3.76. The van der Waals surface area contributed by atoms with Crippen molar-refractivity contribution < 1.29 is 9.05 Å². The first-order valence-electron chi connectivity index (χ1n) is 10.2. The highest BCUT2D eigenvalue weighted by atomic mass is 16.5. The number of hydrogen-bond donors (Lipinski definition) is 0. The maximum atomic E-state index is 5.42. The van der Waals surface area contributed by atoms with Crippen LogP contribution in [0.4, 0.5) is 0 Å². The van der Waals surface area contributed by atoms with Crippen LogP contribution < -0.4 is 0 Å². The van der Waals surface area contributed by atoms with E-state index in [9.17, 15) is 0 Å². The smallest absolute Gasteiger partial charge is 0.243 e. The number of rotatable bonds is 5. The van der Waals surface area contributed by atoms with Crippen molar-refractivity contribution in [3.05, 3.63) is 71.7 Å². The zero-order valence-electron chi connectivity index (χ0n) is 17.1. The third-order valence-electron chi connectivity index (χ3n) is 5.54. The largest absolute Gasteiger partial charge is 0.339 e. The molecule has 7 heteroatoms. The first-order valence-corrected chi connectivity index (χ1v) is 10.2. The van der Waals surface area contributed by atoms with Crippen molar-refractivity contribution in [3.63, 3.8) is 0 Å². The summed E-state index contributed by atoms with van der Waals surface area (Å²) in [4.78, 5) is 11.1. The first-order chi connectivity index (χ1) is 14.7. The van der Waals surface area contributed by atoms with Crippen LogP contribution in [0.2, 0.25) is 0 Å². The van der Waals surface area contributed by atoms with Gasteiger partial charge in [-0.1, -0.05) is 58.8 Å². The molecule has 1 aliphatic heterocycles. The predicted octanol–water partition coefficient (Wildman–Crippen LogP) is 4.74. The fourth-order valence-electron chi connectivity index (χ4n) is 4.01. The summed E-state index contributed by atoms with van der Waals surface area (Å²) in [5.74, 6) is 2.62. The van der Waals surface area contributed by atoms with E-state index in [1.54, 1.807) is 6.92 Å². The minimum atomic E-state index is 0.215. The Balaban J connectivity index is 1.28. The van der Waals surface area contributed by atoms with Crippen molar-refractivity contribution in [1.29, 1.82) is 0 Å². The third-order valence-corrected chi connectivity index (χ3v) is 5.54. The summed E-state index contributed by atoms with van der Waals surface area (Å²) in [6.07, 6.45) is 2.21. The second kappa shape index (κ2) is 7.84. The average molecular weight is 401 g/mol. The van der Waals surface area contributed by atoms with Crippen molar-refractivity contribution in [2.45, 2.75) is 39.3 Å². The highest BCUT2D eigenvalue weighted by Gasteiger charge is 2.30. The number of aromatic nitrogens is 4. The summed E-state index contributed by atoms with van der Waals surface area (Å²) < 4.78 is 10.5. The summed E-state index contributed by atoms with van der Waals surface area (Å²) in [5, 5.41) is 7.92. The SMILES string of the molecule is Cc1noc([C@@H]2CCCN2Cc2ccc(-c3ccc(-c4noc(C)n4)cc3)cc2)n1. The van der Waals surface area contributed by atoms with Gasteiger partial charge in [-0.2, -0.15) is 9.97 Å². The Morgan fingerprint density at radius 1 is 0.867 bits per heavy atom. The molecule has 1 fully saturated rings. The van der Waals surface area contributed by atoms with Gasteiger partial charge in [0.1, 0.15) is 0 Å². The number of hydrogen-bond acceptors (Lipinski definition) is 7. The lowest BCUT2D eigenvalue weighted by atomic mass is 10.0. The van der Waals surface area contributed by atoms with Crippen molar-refractivity contribution in [1.82, 2.24) is 25.2 Å². The predicted molar refractivity (Wildman–Crippen MR) is 111 cm³/mol. The molecule has 5 rings (SSSR count). The Labute approximate surface area is 174 Å². The second-order valence-corrected chi connectivity index (χ2v) is 7.72. The monoisotopic (exact) mass is 401 g/mol. The van der Waals surface area contributed by atoms with Gasteiger partial charge in [-0.3, -0.25) is 4.90 Å². The van der Waals surface area contributed by atoms with E-state index < -0.39 is 0 Å². The molecule has 30 heavy (non-hydrogen) atoms. The van der Waals surface area contributed by atoms with Crippen LogP contribution in [0.5, 0.6) is 0 Å². The van der Waals surface area contributed by atoms with Crippen LogP contribution in [-0.2, 0) is 6.54 Å². The van der Waals surface area contributed by atoms with E-state index in [-0.39, 0.29) is 6.04 Å². The van der Waals surface area contributed by atoms with Crippen LogP contribution in [-0.4, -0.2) is 31.7 Å². The molecule has 0 N–H and O–H groups in total. The molecule has 152 valence electrons. The van der Waals surface area contributed by atoms with Crippen LogP contribution in [0.25, 0.3) is 22.5 Å². The summed E-state index contributed by atoms with van der Waals surface area (Å²) in [7, 11) is 0. The van der Waals surface area contributed by atoms with Gasteiger partial charge in [-0.15, -0.1) is 0 Å². The van der Waals surface area contributed by atoms with Crippen molar-refractivity contribution in [3.8, 4) is 22.5 Å². The summed E-state index contributed by atoms with van der Waals surface area (Å²) in [5.41, 5.74) is 4.57. The van der Waals surface area contributed by atoms with Gasteiger partial charge in [0.2, 0.25) is 17.6 Å². The lowest BCUT2D eigenvalue weighted by molar-refractivity contribution is 0.201. The van der Waals surface area contributed by atoms with Crippen LogP contribution in [0.15, 0.2) is 57.6 Å². The Hall–Kier alpha value is -3.32. The molecular weight excluding hydrogens is 378 g/mol. The molecule has 0 bridgehead atoms. The van der Waals surface area contributed by atoms with Gasteiger partial charge < -0.3 is 9.05 Å². The van der Waals surface area contributed by atoms with Gasteiger partial charge in [-0.25, -0.2) is 0 Å². The maximum Gasteiger partial charge on any atom is 0.243 e. The molecule has 0 unspecified atom stereocenters. The van der Waals surface area contributed by atoms with Gasteiger partial charge >= 0.3 is 0 Å². The number of likely N-dealkylation sites (tertiary alicyclic amines) is 1. The van der Waals surface area contributed by atoms with Gasteiger partial charge in [0.05, 0.1) is 6.04 Å². The molecule has 7 nitrogen and oxygen atoms in total. The topological polar surface area (TPSA) is 81.1 Å². The van der Waals surface area contributed by atoms with E-state index in [1.165, 1.54) is 11.1 Å². The zero-order valence-corrected chi connectivity index (χ0v) is 17.1. The highest BCUT2D eigenvalue weighted by molar-refractivity contribution is 5.67. The molecule has 0 spiro atoms. The molecule has 1 saturated heterocycles. The van der Waals surface area contributed by atoms with Crippen LogP contribution in [0.1, 0.15) is 42.1 Å². The number of benzene rings is 2. The highest BCUT2D eigenvalue weighted by Crippen LogP contribution is 2.32. The van der Waals surface area contributed by atoms with Crippen molar-refractivity contribution >= 4 is 0 Å². The van der Waals surface area contributed by atoms with E-state index in [4.69, 9.17) is 9.05 Å². The van der Waals surface area contributed by atoms with E-state index in [0.717, 1.165) is 42.9 Å². The molecule has 1 atom stereocenters. The van der Waals surface area contributed by atoms with Crippen LogP contribution in [0.3, 0.4) is 0 Å². The first kappa shape index (κ1) is 18.7. The fourth-order valence-corrected chi connectivity index (χ4v) is 4.01. The normalized spacial score (nSPS) is 16.9. The molecule has 0 radical (unpaired) electrons. The number of aryl methyl sites for hydroxylation is 2. The van der Waals surface area contributed by atoms with Gasteiger partial charge in [0.15, 0.2) is 5.82 Å². The van der Waals surface area contributed by atoms with Gasteiger partial charge in [-0.05, 0) is 43.0 Å². The van der Waals surface area contributed by atoms with E-state index in [0.29, 0.717) is 17.5 Å². The standard InChI is InChI=1S/C23H23N5O2/c1-15-24-23(30-26-15)21-4-3-13-28(21)14-17-5-7-18(8-6-17)19-9-11-20(12-10-19)22-25-16(2)29-27-22/h5-12,21H,3-4,13-14H2,1-2H3/t21-/m0/s1. The summed E-state index contributed by atoms with van der Waals surface area (Å²) >= 11 is 0. The molecule has 0 amide bonds. The zero-order chi connectivity index (χ0) is 20.5. The molecule has 3 heterocycles. The Morgan fingerprint density at radius 3 is 2.20 bits per heavy atom. The Kier molecular flexibility index (Phi) is 4.88. The summed E-state index contributed by atoms with van der Waals surface area (Å²) in [6.45, 7) is 5.58. The van der Waals surface area contributed by atoms with Crippen molar-refractivity contribution in [2.24, 2.45) is 0 Å². The van der Waals surface area contributed by atoms with Crippen LogP contribution in [0, 0.1) is 13.8 Å². The Morgan fingerprint density at radius 2 is 1.57 bits per heavy atom. The molecule has 1 aliphatic rings. The Bertz CT molecular complexity index is 1130. The minimum Gasteiger partial charge on any atom is -0.339 e. The van der Waals surface area contributed by atoms with Gasteiger partial charge in [0, 0.05) is 19.0 Å². The molecule has 2 aromatic carbocycles. The quantitative estimate of drug-likeness (QED) is 0.478. The lowest BCUT2D eigenvalue weighted by Gasteiger charge is -2.21. The molecule has 0 aliphatic carbocycles. The molecular formula is C23H23N5O2. The average Bonchev–Trinajstić information content (AvgIpc) is 3.50. The molecule has 4 aromatic rings. The minimum absolute atomic E-state index is 0.215. The van der Waals surface area contributed by atoms with E-state index >= 15 is 0 Å². The molecule has 0 saturated carbocycles. The lowest BCUT2D eigenvalue weighted by Crippen LogP contribution is -2.23. The van der Waals surface area contributed by atoms with E-state index in [1.807, 2.05) is 19.1 Å². The number of nitrogens with zero attached hydrogens (tertiary/aromatic N) is 5. The molecule has 2 aromatic heterocycles. The van der Waals surface area contributed by atoms with Gasteiger partial charge in [0.25, 0.3) is 0 Å².